The van der Waals surface area contributed by atoms with E-state index < -0.39 is 12.0 Å². The molecule has 2 amide bonds. The highest BCUT2D eigenvalue weighted by molar-refractivity contribution is 5.94. The maximum atomic E-state index is 12.0. The molecule has 0 aliphatic carbocycles. The van der Waals surface area contributed by atoms with Crippen molar-refractivity contribution in [3.05, 3.63) is 42.5 Å². The molecule has 20 heavy (non-hydrogen) atoms. The first-order chi connectivity index (χ1) is 9.60. The van der Waals surface area contributed by atoms with Crippen LogP contribution < -0.4 is 5.32 Å². The normalized spacial score (nSPS) is 10.2. The summed E-state index contributed by atoms with van der Waals surface area (Å²) >= 11 is 0. The minimum absolute atomic E-state index is 0.310. The number of fused-ring (bicyclic) bond motifs is 1. The molecule has 0 fully saturated rings. The minimum atomic E-state index is -1.03. The molecule has 2 aromatic rings. The van der Waals surface area contributed by atoms with Gasteiger partial charge in [0, 0.05) is 12.2 Å². The highest BCUT2D eigenvalue weighted by Crippen LogP contribution is 2.19. The van der Waals surface area contributed by atoms with Crippen LogP contribution in [-0.4, -0.2) is 35.1 Å². The number of benzene rings is 2. The smallest absolute Gasteiger partial charge is 0.323 e. The molecule has 5 nitrogen and oxygen atoms in total. The van der Waals surface area contributed by atoms with E-state index in [4.69, 9.17) is 5.11 Å². The van der Waals surface area contributed by atoms with Crippen molar-refractivity contribution in [1.29, 1.82) is 0 Å². The maximum Gasteiger partial charge on any atom is 0.323 e. The lowest BCUT2D eigenvalue weighted by molar-refractivity contribution is -0.137. The highest BCUT2D eigenvalue weighted by atomic mass is 16.4. The second kappa shape index (κ2) is 6.06. The first kappa shape index (κ1) is 13.9. The lowest BCUT2D eigenvalue weighted by atomic mass is 10.1. The summed E-state index contributed by atoms with van der Waals surface area (Å²) in [5.41, 5.74) is 0.650. The molecule has 2 rings (SSSR count). The van der Waals surface area contributed by atoms with Crippen LogP contribution in [0.1, 0.15) is 6.92 Å². The molecule has 0 atom stereocenters. The molecule has 0 saturated carbocycles. The second-order valence-corrected chi connectivity index (χ2v) is 4.40. The van der Waals surface area contributed by atoms with Gasteiger partial charge in [0.25, 0.3) is 0 Å². The number of likely N-dealkylation sites (N-methyl/N-ethyl adjacent to an activating group) is 1. The molecule has 0 bridgehead atoms. The molecule has 0 aliphatic heterocycles. The Morgan fingerprint density at radius 1 is 1.15 bits per heavy atom. The molecule has 0 aliphatic rings. The van der Waals surface area contributed by atoms with Gasteiger partial charge in [-0.3, -0.25) is 4.79 Å². The number of aliphatic carboxylic acids is 1. The Labute approximate surface area is 116 Å². The number of nitrogens with one attached hydrogen (secondary N) is 1. The van der Waals surface area contributed by atoms with Crippen molar-refractivity contribution in [2.45, 2.75) is 6.92 Å². The summed E-state index contributed by atoms with van der Waals surface area (Å²) < 4.78 is 0. The third kappa shape index (κ3) is 3.26. The van der Waals surface area contributed by atoms with E-state index in [0.717, 1.165) is 10.8 Å². The molecular weight excluding hydrogens is 256 g/mol. The summed E-state index contributed by atoms with van der Waals surface area (Å²) in [5, 5.41) is 13.6. The first-order valence-corrected chi connectivity index (χ1v) is 6.36. The number of urea groups is 1. The summed E-state index contributed by atoms with van der Waals surface area (Å²) in [6, 6.07) is 13.0. The number of nitrogens with zero attached hydrogens (tertiary/aromatic N) is 1. The predicted octanol–water partition coefficient (Wildman–Crippen LogP) is 2.78. The number of rotatable bonds is 4. The van der Waals surface area contributed by atoms with Crippen LogP contribution in [0.25, 0.3) is 10.8 Å². The fraction of sp³-hybridized carbons (Fsp3) is 0.200. The Bertz CT molecular complexity index is 640. The molecule has 0 radical (unpaired) electrons. The van der Waals surface area contributed by atoms with Gasteiger partial charge in [0.05, 0.1) is 0 Å². The minimum Gasteiger partial charge on any atom is -0.480 e. The Morgan fingerprint density at radius 2 is 1.85 bits per heavy atom. The molecule has 104 valence electrons. The molecule has 0 unspecified atom stereocenters. The van der Waals surface area contributed by atoms with E-state index in [1.165, 1.54) is 4.90 Å². The van der Waals surface area contributed by atoms with Gasteiger partial charge in [-0.25, -0.2) is 4.79 Å². The average molecular weight is 272 g/mol. The van der Waals surface area contributed by atoms with E-state index in [-0.39, 0.29) is 6.54 Å². The van der Waals surface area contributed by atoms with Crippen molar-refractivity contribution in [1.82, 2.24) is 4.90 Å². The van der Waals surface area contributed by atoms with Gasteiger partial charge in [0.2, 0.25) is 0 Å². The molecule has 0 aromatic heterocycles. The van der Waals surface area contributed by atoms with E-state index in [1.807, 2.05) is 36.4 Å². The maximum absolute atomic E-state index is 12.0. The SMILES string of the molecule is CCN(CC(=O)O)C(=O)Nc1ccc2ccccc2c1. The largest absolute Gasteiger partial charge is 0.480 e. The predicted molar refractivity (Wildman–Crippen MR) is 77.8 cm³/mol. The zero-order valence-corrected chi connectivity index (χ0v) is 11.2. The molecule has 0 spiro atoms. The number of amides is 2. The van der Waals surface area contributed by atoms with Crippen molar-refractivity contribution in [3.8, 4) is 0 Å². The van der Waals surface area contributed by atoms with Crippen LogP contribution in [0.3, 0.4) is 0 Å². The van der Waals surface area contributed by atoms with Crippen LogP contribution in [0.4, 0.5) is 10.5 Å². The summed E-state index contributed by atoms with van der Waals surface area (Å²) in [5.74, 6) is -1.03. The van der Waals surface area contributed by atoms with Crippen LogP contribution in [0.15, 0.2) is 42.5 Å². The van der Waals surface area contributed by atoms with Gasteiger partial charge in [0.15, 0.2) is 0 Å². The van der Waals surface area contributed by atoms with E-state index >= 15 is 0 Å². The Kier molecular flexibility index (Phi) is 4.20. The summed E-state index contributed by atoms with van der Waals surface area (Å²) in [7, 11) is 0. The van der Waals surface area contributed by atoms with E-state index in [0.29, 0.717) is 12.2 Å². The van der Waals surface area contributed by atoms with Gasteiger partial charge in [-0.15, -0.1) is 0 Å². The number of carboxylic acid groups (broad SMARTS) is 1. The number of carboxylic acids is 1. The highest BCUT2D eigenvalue weighted by Gasteiger charge is 2.14. The van der Waals surface area contributed by atoms with Crippen LogP contribution in [0, 0.1) is 0 Å². The average Bonchev–Trinajstić information content (AvgIpc) is 2.44. The van der Waals surface area contributed by atoms with Gasteiger partial charge in [-0.05, 0) is 29.8 Å². The lowest BCUT2D eigenvalue weighted by Crippen LogP contribution is -2.38. The Morgan fingerprint density at radius 3 is 2.50 bits per heavy atom. The van der Waals surface area contributed by atoms with Crippen LogP contribution >= 0.6 is 0 Å². The zero-order chi connectivity index (χ0) is 14.5. The van der Waals surface area contributed by atoms with Gasteiger partial charge >= 0.3 is 12.0 Å². The third-order valence-corrected chi connectivity index (χ3v) is 3.00. The number of carbonyl (C=O) groups is 2. The van der Waals surface area contributed by atoms with E-state index in [9.17, 15) is 9.59 Å². The third-order valence-electron chi connectivity index (χ3n) is 3.00. The van der Waals surface area contributed by atoms with Crippen molar-refractivity contribution in [2.75, 3.05) is 18.4 Å². The summed E-state index contributed by atoms with van der Waals surface area (Å²) in [4.78, 5) is 23.9. The quantitative estimate of drug-likeness (QED) is 0.899. The zero-order valence-electron chi connectivity index (χ0n) is 11.2. The van der Waals surface area contributed by atoms with Gasteiger partial charge in [0.1, 0.15) is 6.54 Å². The van der Waals surface area contributed by atoms with Crippen molar-refractivity contribution >= 4 is 28.5 Å². The molecule has 5 heteroatoms. The first-order valence-electron chi connectivity index (χ1n) is 6.36. The molecule has 2 aromatic carbocycles. The van der Waals surface area contributed by atoms with Crippen LogP contribution in [-0.2, 0) is 4.79 Å². The van der Waals surface area contributed by atoms with Crippen molar-refractivity contribution < 1.29 is 14.7 Å². The topological polar surface area (TPSA) is 69.6 Å². The van der Waals surface area contributed by atoms with E-state index in [2.05, 4.69) is 5.32 Å². The number of hydrogen-bond acceptors (Lipinski definition) is 2. The molecule has 0 heterocycles. The van der Waals surface area contributed by atoms with E-state index in [1.54, 1.807) is 13.0 Å². The van der Waals surface area contributed by atoms with Crippen LogP contribution in [0.2, 0.25) is 0 Å². The van der Waals surface area contributed by atoms with Crippen molar-refractivity contribution in [2.24, 2.45) is 0 Å². The fourth-order valence-electron chi connectivity index (χ4n) is 1.96. The van der Waals surface area contributed by atoms with Gasteiger partial charge in [-0.1, -0.05) is 30.3 Å². The molecular formula is C15H16N2O3. The lowest BCUT2D eigenvalue weighted by Gasteiger charge is -2.19. The van der Waals surface area contributed by atoms with Gasteiger partial charge in [-0.2, -0.15) is 0 Å². The monoisotopic (exact) mass is 272 g/mol. The van der Waals surface area contributed by atoms with Crippen molar-refractivity contribution in [3.63, 3.8) is 0 Å². The fourth-order valence-corrected chi connectivity index (χ4v) is 1.96. The Hall–Kier alpha value is -2.56. The second-order valence-electron chi connectivity index (χ2n) is 4.40. The molecule has 0 saturated heterocycles. The van der Waals surface area contributed by atoms with Crippen LogP contribution in [0.5, 0.6) is 0 Å². The standard InChI is InChI=1S/C15H16N2O3/c1-2-17(10-14(18)19)15(20)16-13-8-7-11-5-3-4-6-12(11)9-13/h3-9H,2,10H2,1H3,(H,16,20)(H,18,19). The van der Waals surface area contributed by atoms with Gasteiger partial charge < -0.3 is 15.3 Å². The Balaban J connectivity index is 2.14. The number of anilines is 1. The number of hydrogen-bond donors (Lipinski definition) is 2. The summed E-state index contributed by atoms with van der Waals surface area (Å²) in [6.07, 6.45) is 0. The molecule has 2 N–H and O–H groups in total. The number of carbonyl (C=O) groups excluding carboxylic acids is 1. The summed E-state index contributed by atoms with van der Waals surface area (Å²) in [6.45, 7) is 1.77.